The quantitative estimate of drug-likeness (QED) is 0.825. The lowest BCUT2D eigenvalue weighted by molar-refractivity contribution is 0.0785. The van der Waals surface area contributed by atoms with Crippen LogP contribution < -0.4 is 5.32 Å². The SMILES string of the molecule is CCN1CCC(CC2NC(C)(C)CO2)C1.Cl. The standard InChI is InChI=1S/C12H24N2O.ClH/c1-4-14-6-5-10(8-14)7-11-13-12(2,3)9-15-11;/h10-11,13H,4-9H2,1-3H3;1H. The predicted molar refractivity (Wildman–Crippen MR) is 69.0 cm³/mol. The van der Waals surface area contributed by atoms with Crippen molar-refractivity contribution in [3.05, 3.63) is 0 Å². The highest BCUT2D eigenvalue weighted by Gasteiger charge is 2.33. The van der Waals surface area contributed by atoms with Crippen LogP contribution in [0.4, 0.5) is 0 Å². The second-order valence-corrected chi connectivity index (χ2v) is 5.61. The number of ether oxygens (including phenoxy) is 1. The molecule has 2 heterocycles. The Morgan fingerprint density at radius 2 is 2.19 bits per heavy atom. The molecule has 96 valence electrons. The van der Waals surface area contributed by atoms with Gasteiger partial charge in [0.25, 0.3) is 0 Å². The number of nitrogens with zero attached hydrogens (tertiary/aromatic N) is 1. The van der Waals surface area contributed by atoms with Crippen molar-refractivity contribution in [3.8, 4) is 0 Å². The van der Waals surface area contributed by atoms with Crippen LogP contribution in [0.5, 0.6) is 0 Å². The van der Waals surface area contributed by atoms with Crippen LogP contribution >= 0.6 is 12.4 Å². The molecule has 16 heavy (non-hydrogen) atoms. The molecule has 4 heteroatoms. The molecule has 0 saturated carbocycles. The van der Waals surface area contributed by atoms with E-state index >= 15 is 0 Å². The first-order valence-corrected chi connectivity index (χ1v) is 6.21. The Hall–Kier alpha value is 0.170. The molecular weight excluding hydrogens is 224 g/mol. The minimum Gasteiger partial charge on any atom is -0.361 e. The van der Waals surface area contributed by atoms with Gasteiger partial charge in [0.1, 0.15) is 6.23 Å². The monoisotopic (exact) mass is 248 g/mol. The minimum atomic E-state index is 0. The molecule has 3 nitrogen and oxygen atoms in total. The molecule has 0 aliphatic carbocycles. The van der Waals surface area contributed by atoms with E-state index in [0.717, 1.165) is 12.5 Å². The summed E-state index contributed by atoms with van der Waals surface area (Å²) in [5, 5.41) is 3.55. The van der Waals surface area contributed by atoms with Crippen LogP contribution in [0.3, 0.4) is 0 Å². The summed E-state index contributed by atoms with van der Waals surface area (Å²) in [5.74, 6) is 0.830. The fraction of sp³-hybridized carbons (Fsp3) is 1.00. The van der Waals surface area contributed by atoms with E-state index in [1.165, 1.54) is 32.5 Å². The lowest BCUT2D eigenvalue weighted by atomic mass is 10.0. The summed E-state index contributed by atoms with van der Waals surface area (Å²) in [6.45, 7) is 11.2. The second kappa shape index (κ2) is 5.67. The van der Waals surface area contributed by atoms with Gasteiger partial charge in [-0.1, -0.05) is 6.92 Å². The molecule has 0 aromatic carbocycles. The van der Waals surface area contributed by atoms with Crippen molar-refractivity contribution >= 4 is 12.4 Å². The maximum Gasteiger partial charge on any atom is 0.109 e. The molecule has 2 aliphatic rings. The van der Waals surface area contributed by atoms with E-state index in [-0.39, 0.29) is 17.9 Å². The Kier molecular flexibility index (Phi) is 5.05. The van der Waals surface area contributed by atoms with Crippen molar-refractivity contribution in [3.63, 3.8) is 0 Å². The van der Waals surface area contributed by atoms with Crippen molar-refractivity contribution in [1.29, 1.82) is 0 Å². The number of hydrogen-bond acceptors (Lipinski definition) is 3. The normalized spacial score (nSPS) is 33.9. The Morgan fingerprint density at radius 3 is 2.69 bits per heavy atom. The molecule has 1 N–H and O–H groups in total. The van der Waals surface area contributed by atoms with Gasteiger partial charge in [-0.3, -0.25) is 5.32 Å². The molecular formula is C12H25ClN2O. The molecule has 2 unspecified atom stereocenters. The van der Waals surface area contributed by atoms with Crippen LogP contribution in [0.25, 0.3) is 0 Å². The fourth-order valence-corrected chi connectivity index (χ4v) is 2.65. The highest BCUT2D eigenvalue weighted by Crippen LogP contribution is 2.24. The van der Waals surface area contributed by atoms with Gasteiger partial charge in [0.15, 0.2) is 0 Å². The molecule has 0 bridgehead atoms. The highest BCUT2D eigenvalue weighted by atomic mass is 35.5. The minimum absolute atomic E-state index is 0. The van der Waals surface area contributed by atoms with E-state index in [4.69, 9.17) is 4.74 Å². The molecule has 2 rings (SSSR count). The van der Waals surface area contributed by atoms with E-state index in [2.05, 4.69) is 31.0 Å². The van der Waals surface area contributed by atoms with Gasteiger partial charge in [-0.25, -0.2) is 0 Å². The van der Waals surface area contributed by atoms with Crippen LogP contribution in [-0.4, -0.2) is 42.9 Å². The van der Waals surface area contributed by atoms with Crippen LogP contribution in [0.2, 0.25) is 0 Å². The first-order chi connectivity index (χ1) is 7.09. The number of rotatable bonds is 3. The van der Waals surface area contributed by atoms with Gasteiger partial charge < -0.3 is 9.64 Å². The van der Waals surface area contributed by atoms with Gasteiger partial charge in [-0.05, 0) is 45.7 Å². The Labute approximate surface area is 105 Å². The average Bonchev–Trinajstić information content (AvgIpc) is 2.73. The van der Waals surface area contributed by atoms with Crippen molar-refractivity contribution in [2.45, 2.75) is 45.4 Å². The van der Waals surface area contributed by atoms with Gasteiger partial charge in [0, 0.05) is 12.1 Å². The summed E-state index contributed by atoms with van der Waals surface area (Å²) in [4.78, 5) is 2.53. The van der Waals surface area contributed by atoms with Crippen LogP contribution in [0.15, 0.2) is 0 Å². The third-order valence-corrected chi connectivity index (χ3v) is 3.56. The summed E-state index contributed by atoms with van der Waals surface area (Å²) in [6.07, 6.45) is 2.82. The molecule has 0 aromatic rings. The summed E-state index contributed by atoms with van der Waals surface area (Å²) in [5.41, 5.74) is 0.174. The van der Waals surface area contributed by atoms with Crippen molar-refractivity contribution in [2.75, 3.05) is 26.2 Å². The fourth-order valence-electron chi connectivity index (χ4n) is 2.65. The number of hydrogen-bond donors (Lipinski definition) is 1. The Bertz CT molecular complexity index is 223. The third kappa shape index (κ3) is 3.59. The third-order valence-electron chi connectivity index (χ3n) is 3.56. The van der Waals surface area contributed by atoms with Gasteiger partial charge in [-0.15, -0.1) is 12.4 Å². The van der Waals surface area contributed by atoms with Crippen molar-refractivity contribution in [1.82, 2.24) is 10.2 Å². The van der Waals surface area contributed by atoms with Crippen LogP contribution in [0.1, 0.15) is 33.6 Å². The maximum absolute atomic E-state index is 5.77. The summed E-state index contributed by atoms with van der Waals surface area (Å²) in [6, 6.07) is 0. The number of likely N-dealkylation sites (tertiary alicyclic amines) is 1. The van der Waals surface area contributed by atoms with Gasteiger partial charge in [0.2, 0.25) is 0 Å². The van der Waals surface area contributed by atoms with Gasteiger partial charge in [-0.2, -0.15) is 0 Å². The molecule has 2 saturated heterocycles. The molecule has 0 amide bonds. The van der Waals surface area contributed by atoms with Crippen molar-refractivity contribution < 1.29 is 4.74 Å². The molecule has 2 fully saturated rings. The maximum atomic E-state index is 5.77. The van der Waals surface area contributed by atoms with Crippen molar-refractivity contribution in [2.24, 2.45) is 5.92 Å². The summed E-state index contributed by atoms with van der Waals surface area (Å²) < 4.78 is 5.77. The molecule has 0 aromatic heterocycles. The first-order valence-electron chi connectivity index (χ1n) is 6.21. The number of halogens is 1. The zero-order chi connectivity index (χ0) is 10.9. The van der Waals surface area contributed by atoms with Crippen LogP contribution in [-0.2, 0) is 4.74 Å². The largest absolute Gasteiger partial charge is 0.361 e. The van der Waals surface area contributed by atoms with E-state index in [1.54, 1.807) is 0 Å². The summed E-state index contributed by atoms with van der Waals surface area (Å²) >= 11 is 0. The highest BCUT2D eigenvalue weighted by molar-refractivity contribution is 5.85. The zero-order valence-corrected chi connectivity index (χ0v) is 11.5. The Balaban J connectivity index is 0.00000128. The molecule has 2 atom stereocenters. The second-order valence-electron chi connectivity index (χ2n) is 5.61. The predicted octanol–water partition coefficient (Wildman–Crippen LogP) is 1.86. The average molecular weight is 249 g/mol. The van der Waals surface area contributed by atoms with Gasteiger partial charge in [0.05, 0.1) is 6.61 Å². The lowest BCUT2D eigenvalue weighted by Gasteiger charge is -2.19. The van der Waals surface area contributed by atoms with E-state index in [9.17, 15) is 0 Å². The van der Waals surface area contributed by atoms with E-state index < -0.39 is 0 Å². The zero-order valence-electron chi connectivity index (χ0n) is 10.7. The van der Waals surface area contributed by atoms with E-state index in [1.807, 2.05) is 0 Å². The number of nitrogens with one attached hydrogen (secondary N) is 1. The lowest BCUT2D eigenvalue weighted by Crippen LogP contribution is -2.39. The van der Waals surface area contributed by atoms with Gasteiger partial charge >= 0.3 is 0 Å². The van der Waals surface area contributed by atoms with Crippen LogP contribution in [0, 0.1) is 5.92 Å². The summed E-state index contributed by atoms with van der Waals surface area (Å²) in [7, 11) is 0. The Morgan fingerprint density at radius 1 is 1.44 bits per heavy atom. The molecule has 0 radical (unpaired) electrons. The topological polar surface area (TPSA) is 24.5 Å². The molecule has 2 aliphatic heterocycles. The first kappa shape index (κ1) is 14.2. The smallest absolute Gasteiger partial charge is 0.109 e. The van der Waals surface area contributed by atoms with E-state index in [0.29, 0.717) is 6.23 Å². The molecule has 0 spiro atoms.